The highest BCUT2D eigenvalue weighted by Gasteiger charge is 2.30. The third-order valence-corrected chi connectivity index (χ3v) is 4.33. The second-order valence-electron chi connectivity index (χ2n) is 5.83. The van der Waals surface area contributed by atoms with Crippen molar-refractivity contribution in [3.05, 3.63) is 36.2 Å². The van der Waals surface area contributed by atoms with E-state index >= 15 is 0 Å². The first kappa shape index (κ1) is 14.2. The number of likely N-dealkylation sites (tertiary alicyclic amines) is 1. The number of aliphatic hydroxyl groups is 1. The Morgan fingerprint density at radius 1 is 1.33 bits per heavy atom. The van der Waals surface area contributed by atoms with Gasteiger partial charge in [-0.3, -0.25) is 4.90 Å². The third kappa shape index (κ3) is 2.99. The molecule has 3 atom stereocenters. The molecule has 1 aliphatic rings. The van der Waals surface area contributed by atoms with Crippen LogP contribution >= 0.6 is 0 Å². The van der Waals surface area contributed by atoms with E-state index in [0.717, 1.165) is 18.5 Å². The number of aromatic nitrogens is 2. The minimum atomic E-state index is -0.280. The lowest BCUT2D eigenvalue weighted by Gasteiger charge is -2.36. The van der Waals surface area contributed by atoms with Crippen LogP contribution in [0.3, 0.4) is 0 Å². The Kier molecular flexibility index (Phi) is 4.03. The molecule has 1 aliphatic heterocycles. The summed E-state index contributed by atoms with van der Waals surface area (Å²) < 4.78 is 5.41. The summed E-state index contributed by atoms with van der Waals surface area (Å²) in [6.07, 6.45) is 0.711. The van der Waals surface area contributed by atoms with E-state index < -0.39 is 0 Å². The molecule has 0 amide bonds. The first-order chi connectivity index (χ1) is 10.1. The lowest BCUT2D eigenvalue weighted by Crippen LogP contribution is -2.43. The van der Waals surface area contributed by atoms with Crippen LogP contribution in [-0.4, -0.2) is 39.3 Å². The van der Waals surface area contributed by atoms with Crippen LogP contribution in [0.5, 0.6) is 0 Å². The first-order valence-electron chi connectivity index (χ1n) is 7.46. The van der Waals surface area contributed by atoms with E-state index in [1.54, 1.807) is 0 Å². The fraction of sp³-hybridized carbons (Fsp3) is 0.500. The molecule has 0 radical (unpaired) electrons. The average Bonchev–Trinajstić information content (AvgIpc) is 3.00. The van der Waals surface area contributed by atoms with E-state index in [4.69, 9.17) is 4.52 Å². The van der Waals surface area contributed by atoms with Gasteiger partial charge in [-0.05, 0) is 25.8 Å². The van der Waals surface area contributed by atoms with Gasteiger partial charge >= 0.3 is 0 Å². The molecule has 0 spiro atoms. The molecule has 1 fully saturated rings. The number of nitrogens with zero attached hydrogens (tertiary/aromatic N) is 3. The largest absolute Gasteiger partial charge is 0.392 e. The summed E-state index contributed by atoms with van der Waals surface area (Å²) in [6, 6.07) is 9.83. The second kappa shape index (κ2) is 5.95. The lowest BCUT2D eigenvalue weighted by molar-refractivity contribution is 0.00707. The number of hydrogen-bond acceptors (Lipinski definition) is 5. The quantitative estimate of drug-likeness (QED) is 0.939. The smallest absolute Gasteiger partial charge is 0.244 e. The standard InChI is InChI=1S/C16H21N3O2/c1-11-8-9-19(10-14(11)20)12(2)16-17-15(18-21-16)13-6-4-3-5-7-13/h3-7,11-12,14,20H,8-10H2,1-2H3. The fourth-order valence-corrected chi connectivity index (χ4v) is 2.69. The van der Waals surface area contributed by atoms with Crippen molar-refractivity contribution < 1.29 is 9.63 Å². The van der Waals surface area contributed by atoms with Crippen LogP contribution in [-0.2, 0) is 0 Å². The highest BCUT2D eigenvalue weighted by Crippen LogP contribution is 2.27. The van der Waals surface area contributed by atoms with Crippen molar-refractivity contribution in [2.45, 2.75) is 32.4 Å². The number of piperidine rings is 1. The Morgan fingerprint density at radius 3 is 2.81 bits per heavy atom. The highest BCUT2D eigenvalue weighted by atomic mass is 16.5. The van der Waals surface area contributed by atoms with Crippen molar-refractivity contribution in [3.8, 4) is 11.4 Å². The molecule has 1 aromatic heterocycles. The molecule has 3 rings (SSSR count). The summed E-state index contributed by atoms with van der Waals surface area (Å²) in [6.45, 7) is 5.74. The Bertz CT molecular complexity index is 584. The number of benzene rings is 1. The molecule has 3 unspecified atom stereocenters. The molecular formula is C16H21N3O2. The van der Waals surface area contributed by atoms with E-state index in [9.17, 15) is 5.11 Å². The SMILES string of the molecule is CC1CCN(C(C)c2nc(-c3ccccc3)no2)CC1O. The third-order valence-electron chi connectivity index (χ3n) is 4.33. The van der Waals surface area contributed by atoms with Gasteiger partial charge in [-0.1, -0.05) is 42.4 Å². The van der Waals surface area contributed by atoms with Crippen LogP contribution in [0.1, 0.15) is 32.2 Å². The zero-order valence-electron chi connectivity index (χ0n) is 12.4. The summed E-state index contributed by atoms with van der Waals surface area (Å²) in [5.41, 5.74) is 0.951. The molecule has 112 valence electrons. The zero-order valence-corrected chi connectivity index (χ0v) is 12.4. The van der Waals surface area contributed by atoms with Gasteiger partial charge in [0.15, 0.2) is 0 Å². The molecule has 5 heteroatoms. The number of β-amino-alcohol motifs (C(OH)–C–C–N with tert-alkyl or cyclic N) is 1. The van der Waals surface area contributed by atoms with E-state index in [0.29, 0.717) is 24.2 Å². The number of aliphatic hydroxyl groups excluding tert-OH is 1. The van der Waals surface area contributed by atoms with Crippen LogP contribution in [0.15, 0.2) is 34.9 Å². The molecule has 21 heavy (non-hydrogen) atoms. The highest BCUT2D eigenvalue weighted by molar-refractivity contribution is 5.53. The topological polar surface area (TPSA) is 62.4 Å². The molecular weight excluding hydrogens is 266 g/mol. The molecule has 5 nitrogen and oxygen atoms in total. The summed E-state index contributed by atoms with van der Waals surface area (Å²) >= 11 is 0. The summed E-state index contributed by atoms with van der Waals surface area (Å²) in [5.74, 6) is 1.58. The van der Waals surface area contributed by atoms with Crippen LogP contribution < -0.4 is 0 Å². The molecule has 0 aliphatic carbocycles. The van der Waals surface area contributed by atoms with Gasteiger partial charge in [-0.15, -0.1) is 0 Å². The maximum atomic E-state index is 10.0. The second-order valence-corrected chi connectivity index (χ2v) is 5.83. The van der Waals surface area contributed by atoms with E-state index in [-0.39, 0.29) is 12.1 Å². The molecule has 1 aromatic carbocycles. The van der Waals surface area contributed by atoms with Gasteiger partial charge in [-0.2, -0.15) is 4.98 Å². The zero-order chi connectivity index (χ0) is 14.8. The Morgan fingerprint density at radius 2 is 2.10 bits per heavy atom. The van der Waals surface area contributed by atoms with E-state index in [2.05, 4.69) is 22.0 Å². The molecule has 0 bridgehead atoms. The van der Waals surface area contributed by atoms with Crippen LogP contribution in [0, 0.1) is 5.92 Å². The van der Waals surface area contributed by atoms with Gasteiger partial charge in [0.25, 0.3) is 0 Å². The molecule has 2 aromatic rings. The van der Waals surface area contributed by atoms with Gasteiger partial charge < -0.3 is 9.63 Å². The Labute approximate surface area is 124 Å². The average molecular weight is 287 g/mol. The number of hydrogen-bond donors (Lipinski definition) is 1. The van der Waals surface area contributed by atoms with Gasteiger partial charge in [0.2, 0.25) is 11.7 Å². The van der Waals surface area contributed by atoms with E-state index in [1.165, 1.54) is 0 Å². The maximum Gasteiger partial charge on any atom is 0.244 e. The summed E-state index contributed by atoms with van der Waals surface area (Å²) in [5, 5.41) is 14.1. The van der Waals surface area contributed by atoms with Crippen LogP contribution in [0.2, 0.25) is 0 Å². The molecule has 1 saturated heterocycles. The number of rotatable bonds is 3. The van der Waals surface area contributed by atoms with Crippen molar-refractivity contribution in [1.82, 2.24) is 15.0 Å². The predicted octanol–water partition coefficient (Wildman–Crippen LogP) is 2.50. The van der Waals surface area contributed by atoms with Crippen LogP contribution in [0.25, 0.3) is 11.4 Å². The van der Waals surface area contributed by atoms with Gasteiger partial charge in [-0.25, -0.2) is 0 Å². The first-order valence-corrected chi connectivity index (χ1v) is 7.46. The van der Waals surface area contributed by atoms with Crippen molar-refractivity contribution in [2.75, 3.05) is 13.1 Å². The molecule has 1 N–H and O–H groups in total. The monoisotopic (exact) mass is 287 g/mol. The van der Waals surface area contributed by atoms with Gasteiger partial charge in [0.1, 0.15) is 0 Å². The van der Waals surface area contributed by atoms with Gasteiger partial charge in [0.05, 0.1) is 12.1 Å². The molecule has 2 heterocycles. The van der Waals surface area contributed by atoms with Crippen molar-refractivity contribution >= 4 is 0 Å². The lowest BCUT2D eigenvalue weighted by atomic mass is 9.95. The van der Waals surface area contributed by atoms with Gasteiger partial charge in [0, 0.05) is 12.1 Å². The minimum Gasteiger partial charge on any atom is -0.392 e. The Hall–Kier alpha value is -1.72. The fourth-order valence-electron chi connectivity index (χ4n) is 2.69. The summed E-state index contributed by atoms with van der Waals surface area (Å²) in [4.78, 5) is 6.70. The Balaban J connectivity index is 1.74. The normalized spacial score (nSPS) is 24.9. The van der Waals surface area contributed by atoms with Crippen molar-refractivity contribution in [3.63, 3.8) is 0 Å². The van der Waals surface area contributed by atoms with E-state index in [1.807, 2.05) is 37.3 Å². The molecule has 0 saturated carbocycles. The minimum absolute atomic E-state index is 0.0251. The predicted molar refractivity (Wildman–Crippen MR) is 79.5 cm³/mol. The van der Waals surface area contributed by atoms with Crippen LogP contribution in [0.4, 0.5) is 0 Å². The van der Waals surface area contributed by atoms with Crippen molar-refractivity contribution in [1.29, 1.82) is 0 Å². The van der Waals surface area contributed by atoms with Crippen molar-refractivity contribution in [2.24, 2.45) is 5.92 Å². The maximum absolute atomic E-state index is 10.0. The summed E-state index contributed by atoms with van der Waals surface area (Å²) in [7, 11) is 0.